The SMILES string of the molecule is COc1cc(OCC2CCOCC2)cc(-c2ccc(-c3ccc(C)nc3)cc2C)n1. The fourth-order valence-corrected chi connectivity index (χ4v) is 3.70. The standard InChI is InChI=1S/C25H28N2O3/c1-17-12-20(21-5-4-18(2)26-15-21)6-7-23(17)24-13-22(14-25(27-24)28-3)30-16-19-8-10-29-11-9-19/h4-7,12-15,19H,8-11,16H2,1-3H3. The van der Waals surface area contributed by atoms with E-state index in [0.717, 1.165) is 65.4 Å². The molecule has 0 bridgehead atoms. The zero-order valence-corrected chi connectivity index (χ0v) is 17.9. The zero-order valence-electron chi connectivity index (χ0n) is 17.9. The molecule has 0 amide bonds. The van der Waals surface area contributed by atoms with Crippen LogP contribution in [0.2, 0.25) is 0 Å². The molecule has 0 radical (unpaired) electrons. The van der Waals surface area contributed by atoms with Crippen LogP contribution in [0.3, 0.4) is 0 Å². The molecule has 1 saturated heterocycles. The predicted octanol–water partition coefficient (Wildman–Crippen LogP) is 5.24. The minimum Gasteiger partial charge on any atom is -0.493 e. The minimum absolute atomic E-state index is 0.533. The fraction of sp³-hybridized carbons (Fsp3) is 0.360. The number of nitrogens with zero attached hydrogens (tertiary/aromatic N) is 2. The van der Waals surface area contributed by atoms with Crippen LogP contribution in [0.25, 0.3) is 22.4 Å². The topological polar surface area (TPSA) is 53.5 Å². The molecule has 30 heavy (non-hydrogen) atoms. The number of hydrogen-bond acceptors (Lipinski definition) is 5. The molecule has 3 aromatic rings. The van der Waals surface area contributed by atoms with Crippen molar-refractivity contribution in [1.29, 1.82) is 0 Å². The van der Waals surface area contributed by atoms with Gasteiger partial charge in [-0.2, -0.15) is 0 Å². The number of pyridine rings is 2. The summed E-state index contributed by atoms with van der Waals surface area (Å²) in [5.41, 5.74) is 6.32. The summed E-state index contributed by atoms with van der Waals surface area (Å²) in [7, 11) is 1.63. The van der Waals surface area contributed by atoms with Gasteiger partial charge in [-0.1, -0.05) is 24.3 Å². The summed E-state index contributed by atoms with van der Waals surface area (Å²) in [5, 5.41) is 0. The Bertz CT molecular complexity index is 996. The quantitative estimate of drug-likeness (QED) is 0.562. The van der Waals surface area contributed by atoms with E-state index in [1.165, 1.54) is 0 Å². The molecule has 5 heteroatoms. The minimum atomic E-state index is 0.533. The van der Waals surface area contributed by atoms with Gasteiger partial charge in [-0.05, 0) is 49.8 Å². The van der Waals surface area contributed by atoms with E-state index >= 15 is 0 Å². The van der Waals surface area contributed by atoms with Gasteiger partial charge in [0.05, 0.1) is 19.4 Å². The molecule has 1 aliphatic rings. The summed E-state index contributed by atoms with van der Waals surface area (Å²) in [5.74, 6) is 1.88. The number of hydrogen-bond donors (Lipinski definition) is 0. The second kappa shape index (κ2) is 9.26. The third kappa shape index (κ3) is 4.79. The van der Waals surface area contributed by atoms with Crippen molar-refractivity contribution in [1.82, 2.24) is 9.97 Å². The maximum atomic E-state index is 6.11. The van der Waals surface area contributed by atoms with Crippen molar-refractivity contribution in [3.05, 3.63) is 59.9 Å². The van der Waals surface area contributed by atoms with E-state index < -0.39 is 0 Å². The van der Waals surface area contributed by atoms with Crippen LogP contribution >= 0.6 is 0 Å². The molecule has 0 saturated carbocycles. The molecular formula is C25H28N2O3. The highest BCUT2D eigenvalue weighted by Crippen LogP contribution is 2.31. The molecule has 1 aliphatic heterocycles. The van der Waals surface area contributed by atoms with Gasteiger partial charge in [-0.3, -0.25) is 4.98 Å². The Morgan fingerprint density at radius 1 is 1.00 bits per heavy atom. The summed E-state index contributed by atoms with van der Waals surface area (Å²) in [6, 6.07) is 14.4. The highest BCUT2D eigenvalue weighted by atomic mass is 16.5. The number of aryl methyl sites for hydroxylation is 2. The smallest absolute Gasteiger partial charge is 0.217 e. The first-order valence-corrected chi connectivity index (χ1v) is 10.4. The van der Waals surface area contributed by atoms with Gasteiger partial charge in [0.15, 0.2) is 0 Å². The average Bonchev–Trinajstić information content (AvgIpc) is 2.78. The summed E-state index contributed by atoms with van der Waals surface area (Å²) in [6.45, 7) is 6.43. The normalized spacial score (nSPS) is 14.5. The van der Waals surface area contributed by atoms with Gasteiger partial charge >= 0.3 is 0 Å². The molecule has 156 valence electrons. The molecule has 3 heterocycles. The maximum absolute atomic E-state index is 6.11. The third-order valence-corrected chi connectivity index (χ3v) is 5.56. The van der Waals surface area contributed by atoms with E-state index in [0.29, 0.717) is 18.4 Å². The molecule has 1 aromatic carbocycles. The lowest BCUT2D eigenvalue weighted by molar-refractivity contribution is 0.0497. The Morgan fingerprint density at radius 2 is 1.80 bits per heavy atom. The highest BCUT2D eigenvalue weighted by molar-refractivity contribution is 5.72. The van der Waals surface area contributed by atoms with E-state index in [-0.39, 0.29) is 0 Å². The van der Waals surface area contributed by atoms with E-state index in [4.69, 9.17) is 14.2 Å². The summed E-state index contributed by atoms with van der Waals surface area (Å²) in [4.78, 5) is 9.06. The Morgan fingerprint density at radius 3 is 2.50 bits per heavy atom. The number of aromatic nitrogens is 2. The second-order valence-electron chi connectivity index (χ2n) is 7.82. The summed E-state index contributed by atoms with van der Waals surface area (Å²) < 4.78 is 17.0. The van der Waals surface area contributed by atoms with E-state index in [9.17, 15) is 0 Å². The lowest BCUT2D eigenvalue weighted by Crippen LogP contribution is -2.21. The van der Waals surface area contributed by atoms with Crippen LogP contribution in [0.5, 0.6) is 11.6 Å². The van der Waals surface area contributed by atoms with Crippen molar-refractivity contribution in [3.8, 4) is 34.0 Å². The molecular weight excluding hydrogens is 376 g/mol. The van der Waals surface area contributed by atoms with E-state index in [1.807, 2.05) is 31.3 Å². The van der Waals surface area contributed by atoms with E-state index in [2.05, 4.69) is 41.2 Å². The number of ether oxygens (including phenoxy) is 3. The maximum Gasteiger partial charge on any atom is 0.217 e. The highest BCUT2D eigenvalue weighted by Gasteiger charge is 2.16. The molecule has 0 N–H and O–H groups in total. The van der Waals surface area contributed by atoms with Crippen LogP contribution in [-0.4, -0.2) is 36.9 Å². The van der Waals surface area contributed by atoms with Crippen LogP contribution in [0, 0.1) is 19.8 Å². The van der Waals surface area contributed by atoms with Crippen molar-refractivity contribution in [2.75, 3.05) is 26.9 Å². The lowest BCUT2D eigenvalue weighted by atomic mass is 9.98. The Kier molecular flexibility index (Phi) is 6.29. The molecule has 5 nitrogen and oxygen atoms in total. The van der Waals surface area contributed by atoms with E-state index in [1.54, 1.807) is 7.11 Å². The lowest BCUT2D eigenvalue weighted by Gasteiger charge is -2.22. The molecule has 0 atom stereocenters. The number of benzene rings is 1. The van der Waals surface area contributed by atoms with Crippen molar-refractivity contribution in [3.63, 3.8) is 0 Å². The predicted molar refractivity (Wildman–Crippen MR) is 118 cm³/mol. The van der Waals surface area contributed by atoms with Gasteiger partial charge in [0, 0.05) is 48.4 Å². The summed E-state index contributed by atoms with van der Waals surface area (Å²) in [6.07, 6.45) is 4.00. The molecule has 4 rings (SSSR count). The molecule has 1 fully saturated rings. The van der Waals surface area contributed by atoms with Crippen molar-refractivity contribution >= 4 is 0 Å². The molecule has 0 aliphatic carbocycles. The largest absolute Gasteiger partial charge is 0.493 e. The van der Waals surface area contributed by atoms with Gasteiger partial charge in [-0.25, -0.2) is 4.98 Å². The fourth-order valence-electron chi connectivity index (χ4n) is 3.70. The Labute approximate surface area is 178 Å². The monoisotopic (exact) mass is 404 g/mol. The zero-order chi connectivity index (χ0) is 20.9. The van der Waals surface area contributed by atoms with Crippen LogP contribution in [-0.2, 0) is 4.74 Å². The van der Waals surface area contributed by atoms with Crippen LogP contribution in [0.15, 0.2) is 48.7 Å². The Hall–Kier alpha value is -2.92. The van der Waals surface area contributed by atoms with Crippen molar-refractivity contribution in [2.24, 2.45) is 5.92 Å². The van der Waals surface area contributed by atoms with Gasteiger partial charge in [0.1, 0.15) is 5.75 Å². The van der Waals surface area contributed by atoms with Gasteiger partial charge < -0.3 is 14.2 Å². The van der Waals surface area contributed by atoms with Gasteiger partial charge in [-0.15, -0.1) is 0 Å². The Balaban J connectivity index is 1.58. The first kappa shape index (κ1) is 20.4. The summed E-state index contributed by atoms with van der Waals surface area (Å²) >= 11 is 0. The van der Waals surface area contributed by atoms with Gasteiger partial charge in [0.2, 0.25) is 5.88 Å². The van der Waals surface area contributed by atoms with Crippen LogP contribution in [0.4, 0.5) is 0 Å². The van der Waals surface area contributed by atoms with Gasteiger partial charge in [0.25, 0.3) is 0 Å². The van der Waals surface area contributed by atoms with Crippen molar-refractivity contribution in [2.45, 2.75) is 26.7 Å². The molecule has 0 spiro atoms. The first-order valence-electron chi connectivity index (χ1n) is 10.4. The number of methoxy groups -OCH3 is 1. The first-order chi connectivity index (χ1) is 14.6. The van der Waals surface area contributed by atoms with Crippen LogP contribution < -0.4 is 9.47 Å². The molecule has 0 unspecified atom stereocenters. The van der Waals surface area contributed by atoms with Crippen LogP contribution in [0.1, 0.15) is 24.1 Å². The number of rotatable bonds is 6. The van der Waals surface area contributed by atoms with Crippen molar-refractivity contribution < 1.29 is 14.2 Å². The second-order valence-corrected chi connectivity index (χ2v) is 7.82. The third-order valence-electron chi connectivity index (χ3n) is 5.56. The average molecular weight is 405 g/mol. The molecule has 2 aromatic heterocycles.